The van der Waals surface area contributed by atoms with Gasteiger partial charge in [-0.25, -0.2) is 9.59 Å². The van der Waals surface area contributed by atoms with E-state index in [0.29, 0.717) is 5.75 Å². The van der Waals surface area contributed by atoms with E-state index >= 15 is 0 Å². The molecule has 218 valence electrons. The monoisotopic (exact) mass is 568 g/mol. The van der Waals surface area contributed by atoms with Crippen LogP contribution in [0.25, 0.3) is 0 Å². The Bertz CT molecular complexity index is 1240. The summed E-state index contributed by atoms with van der Waals surface area (Å²) < 4.78 is 42.7. The number of fused-ring (bicyclic) bond motifs is 1. The number of aliphatic carboxylic acids is 1. The van der Waals surface area contributed by atoms with Gasteiger partial charge in [-0.2, -0.15) is 13.2 Å². The van der Waals surface area contributed by atoms with Gasteiger partial charge in [-0.1, -0.05) is 18.2 Å². The Hall–Kier alpha value is -4.07. The predicted octanol–water partition coefficient (Wildman–Crippen LogP) is 4.56. The van der Waals surface area contributed by atoms with Crippen LogP contribution >= 0.6 is 0 Å². The van der Waals surface area contributed by atoms with Crippen LogP contribution < -0.4 is 20.1 Å². The van der Waals surface area contributed by atoms with Crippen molar-refractivity contribution in [3.05, 3.63) is 58.1 Å². The molecule has 1 heterocycles. The van der Waals surface area contributed by atoms with Gasteiger partial charge in [0, 0.05) is 23.6 Å². The maximum Gasteiger partial charge on any atom is 0.490 e. The van der Waals surface area contributed by atoms with Gasteiger partial charge in [0.2, 0.25) is 0 Å². The van der Waals surface area contributed by atoms with E-state index in [-0.39, 0.29) is 28.9 Å². The summed E-state index contributed by atoms with van der Waals surface area (Å²) in [5.41, 5.74) is 1.28. The number of ether oxygens (including phenoxy) is 2. The molecule has 2 amide bonds. The SMILES string of the molecule is COc1ccc(C23CCC(NC(=O)Nc4ccccc4[N+](=O)[O-])CC2N(C)CC3)cc1OC.O=C(O)C(F)(F)F. The van der Waals surface area contributed by atoms with Crippen LogP contribution in [0.4, 0.5) is 29.3 Å². The predicted molar refractivity (Wildman–Crippen MR) is 139 cm³/mol. The van der Waals surface area contributed by atoms with Crippen molar-refractivity contribution >= 4 is 23.4 Å². The van der Waals surface area contributed by atoms with Crippen molar-refractivity contribution in [2.24, 2.45) is 0 Å². The lowest BCUT2D eigenvalue weighted by Crippen LogP contribution is -2.52. The number of amides is 2. The second kappa shape index (κ2) is 12.4. The molecule has 0 aromatic heterocycles. The molecule has 4 rings (SSSR count). The van der Waals surface area contributed by atoms with E-state index in [0.717, 1.165) is 38.0 Å². The summed E-state index contributed by atoms with van der Waals surface area (Å²) >= 11 is 0. The maximum atomic E-state index is 12.6. The van der Waals surface area contributed by atoms with Crippen molar-refractivity contribution in [3.63, 3.8) is 0 Å². The minimum atomic E-state index is -5.08. The van der Waals surface area contributed by atoms with Gasteiger partial charge in [0.05, 0.1) is 19.1 Å². The van der Waals surface area contributed by atoms with E-state index < -0.39 is 23.1 Å². The molecule has 0 radical (unpaired) electrons. The minimum Gasteiger partial charge on any atom is -0.493 e. The molecule has 1 saturated heterocycles. The summed E-state index contributed by atoms with van der Waals surface area (Å²) in [5, 5.41) is 24.0. The number of nitrogens with zero attached hydrogens (tertiary/aromatic N) is 2. The van der Waals surface area contributed by atoms with Crippen LogP contribution in [0.2, 0.25) is 0 Å². The number of carbonyl (C=O) groups is 2. The summed E-state index contributed by atoms with van der Waals surface area (Å²) in [4.78, 5) is 34.6. The number of likely N-dealkylation sites (tertiary alicyclic amines) is 1. The number of methoxy groups -OCH3 is 2. The lowest BCUT2D eigenvalue weighted by atomic mass is 9.65. The number of para-hydroxylation sites is 2. The molecule has 1 saturated carbocycles. The number of carbonyl (C=O) groups excluding carboxylic acids is 1. The number of nitrogens with one attached hydrogen (secondary N) is 2. The summed E-state index contributed by atoms with van der Waals surface area (Å²) in [7, 11) is 5.41. The molecule has 2 aromatic carbocycles. The molecule has 1 aliphatic carbocycles. The zero-order chi connectivity index (χ0) is 29.7. The molecule has 3 unspecified atom stereocenters. The van der Waals surface area contributed by atoms with Gasteiger partial charge in [-0.05, 0) is 63.0 Å². The summed E-state index contributed by atoms with van der Waals surface area (Å²) in [5.74, 6) is -1.32. The molecule has 2 fully saturated rings. The number of rotatable bonds is 6. The molecule has 14 heteroatoms. The third kappa shape index (κ3) is 6.73. The summed E-state index contributed by atoms with van der Waals surface area (Å²) in [6.45, 7) is 0.980. The zero-order valence-electron chi connectivity index (χ0n) is 22.2. The number of nitro benzene ring substituents is 1. The molecule has 2 aliphatic rings. The molecule has 40 heavy (non-hydrogen) atoms. The third-order valence-electron chi connectivity index (χ3n) is 7.41. The quantitative estimate of drug-likeness (QED) is 0.340. The molecule has 0 bridgehead atoms. The van der Waals surface area contributed by atoms with Crippen LogP contribution in [-0.2, 0) is 10.2 Å². The number of anilines is 1. The fourth-order valence-electron chi connectivity index (χ4n) is 5.48. The van der Waals surface area contributed by atoms with Crippen LogP contribution in [0.1, 0.15) is 31.2 Å². The zero-order valence-corrected chi connectivity index (χ0v) is 22.2. The Morgan fingerprint density at radius 1 is 1.12 bits per heavy atom. The number of urea groups is 1. The number of carboxylic acid groups (broad SMARTS) is 1. The molecule has 2 aromatic rings. The van der Waals surface area contributed by atoms with Crippen molar-refractivity contribution in [1.29, 1.82) is 0 Å². The van der Waals surface area contributed by atoms with Crippen molar-refractivity contribution in [3.8, 4) is 11.5 Å². The standard InChI is InChI=1S/C24H30N4O5.C2HF3O2/c1-27-13-12-24(16-8-9-20(32-2)21(14-16)33-3)11-10-17(15-22(24)27)25-23(29)26-18-6-4-5-7-19(18)28(30)31;3-2(4,5)1(6)7/h4-9,14,17,22H,10-13,15H2,1-3H3,(H2,25,26,29);(H,6,7). The first-order valence-corrected chi connectivity index (χ1v) is 12.4. The highest BCUT2D eigenvalue weighted by Gasteiger charge is 2.50. The highest BCUT2D eigenvalue weighted by atomic mass is 19.4. The Morgan fingerprint density at radius 2 is 1.77 bits per heavy atom. The molecule has 0 spiro atoms. The Labute approximate surface area is 228 Å². The Balaban J connectivity index is 0.000000559. The average Bonchev–Trinajstić information content (AvgIpc) is 3.25. The van der Waals surface area contributed by atoms with Crippen LogP contribution in [0.5, 0.6) is 11.5 Å². The Morgan fingerprint density at radius 3 is 2.38 bits per heavy atom. The number of benzene rings is 2. The molecule has 3 N–H and O–H groups in total. The molecular formula is C26H31F3N4O7. The maximum absolute atomic E-state index is 12.6. The number of nitro groups is 1. The van der Waals surface area contributed by atoms with E-state index in [1.54, 1.807) is 26.4 Å². The van der Waals surface area contributed by atoms with E-state index in [2.05, 4.69) is 34.7 Å². The van der Waals surface area contributed by atoms with Gasteiger partial charge in [-0.15, -0.1) is 0 Å². The molecule has 3 atom stereocenters. The fourth-order valence-corrected chi connectivity index (χ4v) is 5.48. The molecule has 1 aliphatic heterocycles. The second-order valence-corrected chi connectivity index (χ2v) is 9.62. The first-order valence-electron chi connectivity index (χ1n) is 12.4. The largest absolute Gasteiger partial charge is 0.493 e. The minimum absolute atomic E-state index is 0.0127. The number of likely N-dealkylation sites (N-methyl/N-ethyl adjacent to an activating group) is 1. The number of hydrogen-bond donors (Lipinski definition) is 3. The highest BCUT2D eigenvalue weighted by molar-refractivity contribution is 5.91. The second-order valence-electron chi connectivity index (χ2n) is 9.62. The van der Waals surface area contributed by atoms with Gasteiger partial charge in [0.25, 0.3) is 5.69 Å². The first kappa shape index (κ1) is 30.5. The summed E-state index contributed by atoms with van der Waals surface area (Å²) in [6, 6.07) is 12.1. The number of halogens is 3. The van der Waals surface area contributed by atoms with E-state index in [4.69, 9.17) is 19.4 Å². The number of carboxylic acids is 1. The average molecular weight is 569 g/mol. The van der Waals surface area contributed by atoms with Gasteiger partial charge >= 0.3 is 18.2 Å². The van der Waals surface area contributed by atoms with Crippen LogP contribution in [0.3, 0.4) is 0 Å². The lowest BCUT2D eigenvalue weighted by Gasteiger charge is -2.45. The van der Waals surface area contributed by atoms with Crippen molar-refractivity contribution in [2.45, 2.75) is 49.4 Å². The number of alkyl halides is 3. The van der Waals surface area contributed by atoms with Gasteiger partial charge < -0.3 is 30.1 Å². The van der Waals surface area contributed by atoms with Crippen LogP contribution in [0, 0.1) is 10.1 Å². The van der Waals surface area contributed by atoms with Crippen molar-refractivity contribution in [2.75, 3.05) is 33.1 Å². The molecular weight excluding hydrogens is 537 g/mol. The van der Waals surface area contributed by atoms with E-state index in [1.807, 2.05) is 6.07 Å². The first-order chi connectivity index (χ1) is 18.8. The highest BCUT2D eigenvalue weighted by Crippen LogP contribution is 2.49. The van der Waals surface area contributed by atoms with Gasteiger partial charge in [0.1, 0.15) is 5.69 Å². The molecule has 11 nitrogen and oxygen atoms in total. The smallest absolute Gasteiger partial charge is 0.490 e. The third-order valence-corrected chi connectivity index (χ3v) is 7.41. The fraction of sp³-hybridized carbons (Fsp3) is 0.462. The van der Waals surface area contributed by atoms with Crippen molar-refractivity contribution < 1.29 is 42.3 Å². The van der Waals surface area contributed by atoms with E-state index in [1.165, 1.54) is 17.7 Å². The normalized spacial score (nSPS) is 22.2. The van der Waals surface area contributed by atoms with Gasteiger partial charge in [-0.3, -0.25) is 10.1 Å². The Kier molecular flexibility index (Phi) is 9.45. The topological polar surface area (TPSA) is 143 Å². The summed E-state index contributed by atoms with van der Waals surface area (Å²) in [6.07, 6.45) is -1.50. The van der Waals surface area contributed by atoms with Crippen LogP contribution in [0.15, 0.2) is 42.5 Å². The van der Waals surface area contributed by atoms with Gasteiger partial charge in [0.15, 0.2) is 11.5 Å². The van der Waals surface area contributed by atoms with Crippen molar-refractivity contribution in [1.82, 2.24) is 10.2 Å². The van der Waals surface area contributed by atoms with Crippen LogP contribution in [-0.4, -0.2) is 73.0 Å². The number of hydrogen-bond acceptors (Lipinski definition) is 7. The van der Waals surface area contributed by atoms with E-state index in [9.17, 15) is 28.1 Å². The lowest BCUT2D eigenvalue weighted by molar-refractivity contribution is -0.383.